The van der Waals surface area contributed by atoms with Crippen LogP contribution in [0, 0.1) is 5.82 Å². The van der Waals surface area contributed by atoms with Gasteiger partial charge in [0.15, 0.2) is 0 Å². The number of nitrogens with zero attached hydrogens (tertiary/aromatic N) is 1. The van der Waals surface area contributed by atoms with Crippen molar-refractivity contribution in [2.24, 2.45) is 0 Å². The van der Waals surface area contributed by atoms with Crippen LogP contribution in [0.25, 0.3) is 0 Å². The number of carbonyl (C=O) groups excluding carboxylic acids is 1. The maximum Gasteiger partial charge on any atom is 0.322 e. The zero-order valence-corrected chi connectivity index (χ0v) is 10.2. The summed E-state index contributed by atoms with van der Waals surface area (Å²) in [5.74, 6) is -0.418. The number of aliphatic hydroxyl groups is 1. The molecule has 0 saturated carbocycles. The van der Waals surface area contributed by atoms with E-state index < -0.39 is 11.8 Å². The molecule has 0 aliphatic heterocycles. The largest absolute Gasteiger partial charge is 0.395 e. The Labute approximate surface area is 105 Å². The predicted octanol–water partition coefficient (Wildman–Crippen LogP) is 1.30. The summed E-state index contributed by atoms with van der Waals surface area (Å²) >= 11 is 0. The molecule has 0 atom stereocenters. The van der Waals surface area contributed by atoms with E-state index >= 15 is 0 Å². The molecule has 0 aliphatic carbocycles. The van der Waals surface area contributed by atoms with Crippen molar-refractivity contribution < 1.29 is 19.0 Å². The number of benzene rings is 1. The zero-order valence-electron chi connectivity index (χ0n) is 10.2. The molecule has 0 aromatic heterocycles. The van der Waals surface area contributed by atoms with Crippen molar-refractivity contribution in [3.8, 4) is 0 Å². The molecular weight excluding hydrogens is 239 g/mol. The molecule has 0 heterocycles. The lowest BCUT2D eigenvalue weighted by molar-refractivity contribution is 0.142. The van der Waals surface area contributed by atoms with E-state index in [4.69, 9.17) is 9.84 Å². The third kappa shape index (κ3) is 4.68. The average Bonchev–Trinajstić information content (AvgIpc) is 2.34. The van der Waals surface area contributed by atoms with Crippen LogP contribution in [0.1, 0.15) is 0 Å². The van der Waals surface area contributed by atoms with Crippen LogP contribution in [0.5, 0.6) is 0 Å². The van der Waals surface area contributed by atoms with Crippen molar-refractivity contribution in [1.29, 1.82) is 0 Å². The van der Waals surface area contributed by atoms with E-state index in [0.29, 0.717) is 18.8 Å². The van der Waals surface area contributed by atoms with Crippen LogP contribution in [-0.2, 0) is 4.74 Å². The van der Waals surface area contributed by atoms with E-state index in [9.17, 15) is 9.18 Å². The highest BCUT2D eigenvalue weighted by Gasteiger charge is 2.12. The van der Waals surface area contributed by atoms with Gasteiger partial charge in [0.05, 0.1) is 13.2 Å². The van der Waals surface area contributed by atoms with Gasteiger partial charge in [0.2, 0.25) is 0 Å². The van der Waals surface area contributed by atoms with Gasteiger partial charge in [-0.25, -0.2) is 9.18 Å². The first-order chi connectivity index (χ1) is 8.67. The van der Waals surface area contributed by atoms with Gasteiger partial charge in [-0.1, -0.05) is 6.07 Å². The van der Waals surface area contributed by atoms with Crippen molar-refractivity contribution in [1.82, 2.24) is 4.90 Å². The topological polar surface area (TPSA) is 61.8 Å². The fraction of sp³-hybridized carbons (Fsp3) is 0.417. The van der Waals surface area contributed by atoms with Crippen LogP contribution in [0.2, 0.25) is 0 Å². The first-order valence-electron chi connectivity index (χ1n) is 5.58. The summed E-state index contributed by atoms with van der Waals surface area (Å²) in [5.41, 5.74) is 0.375. The third-order valence-corrected chi connectivity index (χ3v) is 2.30. The number of rotatable bonds is 6. The first-order valence-corrected chi connectivity index (χ1v) is 5.58. The number of anilines is 1. The monoisotopic (exact) mass is 256 g/mol. The number of nitrogens with one attached hydrogen (secondary N) is 1. The van der Waals surface area contributed by atoms with Crippen LogP contribution >= 0.6 is 0 Å². The molecule has 6 heteroatoms. The molecule has 2 amide bonds. The van der Waals surface area contributed by atoms with E-state index in [2.05, 4.69) is 5.32 Å². The van der Waals surface area contributed by atoms with Crippen LogP contribution in [0.3, 0.4) is 0 Å². The summed E-state index contributed by atoms with van der Waals surface area (Å²) in [6.07, 6.45) is 0. The summed E-state index contributed by atoms with van der Waals surface area (Å²) in [6, 6.07) is 5.23. The van der Waals surface area contributed by atoms with Crippen LogP contribution in [0.15, 0.2) is 24.3 Å². The van der Waals surface area contributed by atoms with E-state index in [1.54, 1.807) is 6.07 Å². The summed E-state index contributed by atoms with van der Waals surface area (Å²) in [6.45, 7) is 0.791. The van der Waals surface area contributed by atoms with Crippen LogP contribution in [0.4, 0.5) is 14.9 Å². The highest BCUT2D eigenvalue weighted by atomic mass is 19.1. The van der Waals surface area contributed by atoms with Gasteiger partial charge < -0.3 is 20.1 Å². The molecule has 5 nitrogen and oxygen atoms in total. The average molecular weight is 256 g/mol. The number of hydrogen-bond donors (Lipinski definition) is 2. The minimum atomic E-state index is -0.418. The molecule has 2 N–H and O–H groups in total. The SMILES string of the molecule is COCCN(CCO)C(=O)Nc1cccc(F)c1. The van der Waals surface area contributed by atoms with Crippen molar-refractivity contribution in [2.75, 3.05) is 38.7 Å². The second-order valence-electron chi connectivity index (χ2n) is 3.64. The number of ether oxygens (including phenoxy) is 1. The van der Waals surface area contributed by atoms with Gasteiger partial charge in [-0.3, -0.25) is 0 Å². The second kappa shape index (κ2) is 7.62. The minimum absolute atomic E-state index is 0.139. The van der Waals surface area contributed by atoms with Crippen LogP contribution < -0.4 is 5.32 Å². The van der Waals surface area contributed by atoms with Crippen LogP contribution in [-0.4, -0.2) is 49.5 Å². The van der Waals surface area contributed by atoms with Crippen molar-refractivity contribution in [3.63, 3.8) is 0 Å². The van der Waals surface area contributed by atoms with Gasteiger partial charge in [-0.2, -0.15) is 0 Å². The molecule has 18 heavy (non-hydrogen) atoms. The molecule has 0 aliphatic rings. The lowest BCUT2D eigenvalue weighted by Gasteiger charge is -2.21. The minimum Gasteiger partial charge on any atom is -0.395 e. The second-order valence-corrected chi connectivity index (χ2v) is 3.64. The number of aliphatic hydroxyl groups excluding tert-OH is 1. The fourth-order valence-corrected chi connectivity index (χ4v) is 1.41. The Hall–Kier alpha value is -1.66. The molecule has 0 bridgehead atoms. The van der Waals surface area contributed by atoms with Crippen molar-refractivity contribution in [3.05, 3.63) is 30.1 Å². The van der Waals surface area contributed by atoms with Gasteiger partial charge in [0.25, 0.3) is 0 Å². The standard InChI is InChI=1S/C12H17FN2O3/c1-18-8-6-15(5-7-16)12(17)14-11-4-2-3-10(13)9-11/h2-4,9,16H,5-8H2,1H3,(H,14,17). The maximum absolute atomic E-state index is 12.9. The Kier molecular flexibility index (Phi) is 6.10. The number of carbonyl (C=O) groups is 1. The molecule has 100 valence electrons. The molecule has 1 aromatic carbocycles. The van der Waals surface area contributed by atoms with Gasteiger partial charge >= 0.3 is 6.03 Å². The molecule has 0 fully saturated rings. The Morgan fingerprint density at radius 2 is 2.28 bits per heavy atom. The summed E-state index contributed by atoms with van der Waals surface area (Å²) in [5, 5.41) is 11.4. The van der Waals surface area contributed by atoms with Crippen molar-refractivity contribution >= 4 is 11.7 Å². The molecule has 1 rings (SSSR count). The first kappa shape index (κ1) is 14.4. The highest BCUT2D eigenvalue weighted by Crippen LogP contribution is 2.09. The number of amides is 2. The van der Waals surface area contributed by atoms with Gasteiger partial charge in [-0.05, 0) is 18.2 Å². The summed E-state index contributed by atoms with van der Waals surface area (Å²) in [7, 11) is 1.53. The number of hydrogen-bond acceptors (Lipinski definition) is 3. The molecule has 1 aromatic rings. The van der Waals surface area contributed by atoms with Gasteiger partial charge in [0, 0.05) is 25.9 Å². The van der Waals surface area contributed by atoms with Crippen molar-refractivity contribution in [2.45, 2.75) is 0 Å². The van der Waals surface area contributed by atoms with E-state index in [1.165, 1.54) is 30.2 Å². The molecule has 0 radical (unpaired) electrons. The quantitative estimate of drug-likeness (QED) is 0.806. The molecule has 0 spiro atoms. The Balaban J connectivity index is 2.60. The van der Waals surface area contributed by atoms with E-state index in [1.807, 2.05) is 0 Å². The Morgan fingerprint density at radius 3 is 2.89 bits per heavy atom. The smallest absolute Gasteiger partial charge is 0.322 e. The number of halogens is 1. The Morgan fingerprint density at radius 1 is 1.50 bits per heavy atom. The van der Waals surface area contributed by atoms with Gasteiger partial charge in [-0.15, -0.1) is 0 Å². The summed E-state index contributed by atoms with van der Waals surface area (Å²) in [4.78, 5) is 13.2. The molecule has 0 unspecified atom stereocenters. The van der Waals surface area contributed by atoms with E-state index in [-0.39, 0.29) is 13.2 Å². The summed E-state index contributed by atoms with van der Waals surface area (Å²) < 4.78 is 17.8. The lowest BCUT2D eigenvalue weighted by Crippen LogP contribution is -2.39. The van der Waals surface area contributed by atoms with E-state index in [0.717, 1.165) is 0 Å². The van der Waals surface area contributed by atoms with Gasteiger partial charge in [0.1, 0.15) is 5.82 Å². The molecular formula is C12H17FN2O3. The Bertz CT molecular complexity index is 387. The fourth-order valence-electron chi connectivity index (χ4n) is 1.41. The predicted molar refractivity (Wildman–Crippen MR) is 66.0 cm³/mol. The number of methoxy groups -OCH3 is 1. The lowest BCUT2D eigenvalue weighted by atomic mass is 10.3. The normalized spacial score (nSPS) is 10.2. The third-order valence-electron chi connectivity index (χ3n) is 2.30. The number of urea groups is 1. The maximum atomic E-state index is 12.9. The zero-order chi connectivity index (χ0) is 13.4. The molecule has 0 saturated heterocycles. The highest BCUT2D eigenvalue weighted by molar-refractivity contribution is 5.89.